The number of benzene rings is 1. The number of fused-ring (bicyclic) bond motifs is 1. The Balaban J connectivity index is 1.77. The average Bonchev–Trinajstić information content (AvgIpc) is 2.80. The van der Waals surface area contributed by atoms with E-state index in [0.29, 0.717) is 23.9 Å². The SMILES string of the molecule is O=C1CC[C@@H](C(=O)NCc2cccnc2)NC(=O)c2cc(Cl)ccc2OCCCCCN1. The van der Waals surface area contributed by atoms with E-state index in [0.717, 1.165) is 24.8 Å². The van der Waals surface area contributed by atoms with Gasteiger partial charge < -0.3 is 20.7 Å². The second kappa shape index (κ2) is 12.0. The lowest BCUT2D eigenvalue weighted by Crippen LogP contribution is -2.47. The molecule has 170 valence electrons. The highest BCUT2D eigenvalue weighted by Crippen LogP contribution is 2.24. The predicted octanol–water partition coefficient (Wildman–Crippen LogP) is 2.61. The summed E-state index contributed by atoms with van der Waals surface area (Å²) >= 11 is 6.10. The highest BCUT2D eigenvalue weighted by Gasteiger charge is 2.24. The maximum atomic E-state index is 13.0. The summed E-state index contributed by atoms with van der Waals surface area (Å²) in [5.41, 5.74) is 1.08. The van der Waals surface area contributed by atoms with Gasteiger partial charge in [-0.3, -0.25) is 19.4 Å². The Labute approximate surface area is 192 Å². The van der Waals surface area contributed by atoms with Crippen molar-refractivity contribution in [3.8, 4) is 5.75 Å². The zero-order chi connectivity index (χ0) is 22.8. The number of aromatic nitrogens is 1. The number of rotatable bonds is 3. The minimum atomic E-state index is -0.901. The third kappa shape index (κ3) is 7.23. The fraction of sp³-hybridized carbons (Fsp3) is 0.391. The minimum Gasteiger partial charge on any atom is -0.493 e. The van der Waals surface area contributed by atoms with Crippen molar-refractivity contribution in [2.45, 2.75) is 44.7 Å². The molecule has 9 heteroatoms. The molecule has 1 aromatic carbocycles. The van der Waals surface area contributed by atoms with Gasteiger partial charge >= 0.3 is 0 Å². The average molecular weight is 459 g/mol. The first-order chi connectivity index (χ1) is 15.5. The van der Waals surface area contributed by atoms with Crippen molar-refractivity contribution in [1.29, 1.82) is 0 Å². The van der Waals surface area contributed by atoms with Crippen LogP contribution in [0.3, 0.4) is 0 Å². The molecule has 0 saturated heterocycles. The fourth-order valence-corrected chi connectivity index (χ4v) is 3.48. The number of hydrogen-bond donors (Lipinski definition) is 3. The molecule has 0 fully saturated rings. The van der Waals surface area contributed by atoms with E-state index in [-0.39, 0.29) is 36.8 Å². The number of ether oxygens (including phenoxy) is 1. The Morgan fingerprint density at radius 3 is 2.91 bits per heavy atom. The third-order valence-electron chi connectivity index (χ3n) is 5.06. The molecule has 0 bridgehead atoms. The van der Waals surface area contributed by atoms with Crippen LogP contribution in [0.2, 0.25) is 5.02 Å². The summed E-state index contributed by atoms with van der Waals surface area (Å²) in [5.74, 6) is -0.618. The van der Waals surface area contributed by atoms with Gasteiger partial charge in [0.1, 0.15) is 11.8 Å². The molecule has 3 N–H and O–H groups in total. The second-order valence-corrected chi connectivity index (χ2v) is 7.98. The fourth-order valence-electron chi connectivity index (χ4n) is 3.30. The lowest BCUT2D eigenvalue weighted by molar-refractivity contribution is -0.124. The van der Waals surface area contributed by atoms with Crippen LogP contribution >= 0.6 is 11.6 Å². The van der Waals surface area contributed by atoms with Crippen molar-refractivity contribution < 1.29 is 19.1 Å². The number of nitrogens with one attached hydrogen (secondary N) is 3. The van der Waals surface area contributed by atoms with Crippen molar-refractivity contribution in [2.75, 3.05) is 13.2 Å². The molecule has 1 aliphatic heterocycles. The largest absolute Gasteiger partial charge is 0.493 e. The van der Waals surface area contributed by atoms with E-state index in [1.54, 1.807) is 30.6 Å². The van der Waals surface area contributed by atoms with Crippen LogP contribution in [-0.2, 0) is 16.1 Å². The smallest absolute Gasteiger partial charge is 0.255 e. The maximum Gasteiger partial charge on any atom is 0.255 e. The lowest BCUT2D eigenvalue weighted by atomic mass is 10.1. The molecular formula is C23H27ClN4O4. The lowest BCUT2D eigenvalue weighted by Gasteiger charge is -2.19. The Morgan fingerprint density at radius 1 is 1.22 bits per heavy atom. The van der Waals surface area contributed by atoms with Crippen LogP contribution in [0.15, 0.2) is 42.7 Å². The normalized spacial score (nSPS) is 18.1. The Bertz CT molecular complexity index is 939. The molecule has 0 unspecified atom stereocenters. The monoisotopic (exact) mass is 458 g/mol. The van der Waals surface area contributed by atoms with Crippen molar-refractivity contribution >= 4 is 29.3 Å². The first-order valence-electron chi connectivity index (χ1n) is 10.7. The first kappa shape index (κ1) is 23.5. The van der Waals surface area contributed by atoms with Crippen LogP contribution in [-0.4, -0.2) is 41.9 Å². The number of hydrogen-bond acceptors (Lipinski definition) is 5. The van der Waals surface area contributed by atoms with Crippen LogP contribution in [0.4, 0.5) is 0 Å². The number of amides is 3. The molecule has 0 aliphatic carbocycles. The van der Waals surface area contributed by atoms with Crippen LogP contribution in [0.5, 0.6) is 5.75 Å². The minimum absolute atomic E-state index is 0.115. The van der Waals surface area contributed by atoms with Crippen LogP contribution in [0, 0.1) is 0 Å². The Kier molecular flexibility index (Phi) is 8.86. The quantitative estimate of drug-likeness (QED) is 0.655. The molecule has 8 nitrogen and oxygen atoms in total. The number of pyridine rings is 1. The van der Waals surface area contributed by atoms with E-state index >= 15 is 0 Å². The van der Waals surface area contributed by atoms with E-state index in [4.69, 9.17) is 16.3 Å². The summed E-state index contributed by atoms with van der Waals surface area (Å²) in [7, 11) is 0. The molecule has 0 radical (unpaired) electrons. The summed E-state index contributed by atoms with van der Waals surface area (Å²) in [6.07, 6.45) is 6.08. The molecule has 32 heavy (non-hydrogen) atoms. The topological polar surface area (TPSA) is 109 Å². The molecule has 2 aromatic rings. The molecular weight excluding hydrogens is 432 g/mol. The van der Waals surface area contributed by atoms with E-state index < -0.39 is 11.9 Å². The number of nitrogens with zero attached hydrogens (tertiary/aromatic N) is 1. The van der Waals surface area contributed by atoms with Crippen LogP contribution in [0.25, 0.3) is 0 Å². The van der Waals surface area contributed by atoms with Crippen molar-refractivity contribution in [2.24, 2.45) is 0 Å². The van der Waals surface area contributed by atoms with Crippen LogP contribution in [0.1, 0.15) is 48.0 Å². The molecule has 0 spiro atoms. The predicted molar refractivity (Wildman–Crippen MR) is 120 cm³/mol. The molecule has 1 aromatic heterocycles. The summed E-state index contributed by atoms with van der Waals surface area (Å²) in [6, 6.07) is 7.54. The molecule has 0 saturated carbocycles. The van der Waals surface area contributed by atoms with E-state index in [1.807, 2.05) is 6.07 Å². The molecule has 1 atom stereocenters. The highest BCUT2D eigenvalue weighted by atomic mass is 35.5. The van der Waals surface area contributed by atoms with Crippen molar-refractivity contribution in [3.05, 3.63) is 58.9 Å². The second-order valence-electron chi connectivity index (χ2n) is 7.54. The molecule has 2 heterocycles. The van der Waals surface area contributed by atoms with Gasteiger partial charge in [0.15, 0.2) is 0 Å². The van der Waals surface area contributed by atoms with E-state index in [9.17, 15) is 14.4 Å². The summed E-state index contributed by atoms with van der Waals surface area (Å²) in [6.45, 7) is 1.26. The standard InChI is InChI=1S/C23H27ClN4O4/c24-17-6-8-20-18(13-17)22(30)28-19(23(31)27-15-16-5-4-10-25-14-16)7-9-21(29)26-11-2-1-3-12-32-20/h4-6,8,10,13-14,19H,1-3,7,9,11-12,15H2,(H,26,29)(H,27,31)(H,28,30)/t19-/m0/s1. The molecule has 3 amide bonds. The number of carbonyl (C=O) groups is 3. The summed E-state index contributed by atoms with van der Waals surface area (Å²) in [5, 5.41) is 8.78. The van der Waals surface area contributed by atoms with Gasteiger partial charge in [0.05, 0.1) is 12.2 Å². The number of halogens is 1. The van der Waals surface area contributed by atoms with Gasteiger partial charge in [0.2, 0.25) is 11.8 Å². The van der Waals surface area contributed by atoms with Gasteiger partial charge in [-0.25, -0.2) is 0 Å². The maximum absolute atomic E-state index is 13.0. The Morgan fingerprint density at radius 2 is 2.09 bits per heavy atom. The van der Waals surface area contributed by atoms with Gasteiger partial charge in [0, 0.05) is 36.9 Å². The zero-order valence-electron chi connectivity index (χ0n) is 17.7. The molecule has 3 rings (SSSR count). The van der Waals surface area contributed by atoms with E-state index in [1.165, 1.54) is 6.07 Å². The van der Waals surface area contributed by atoms with Crippen molar-refractivity contribution in [1.82, 2.24) is 20.9 Å². The highest BCUT2D eigenvalue weighted by molar-refractivity contribution is 6.31. The summed E-state index contributed by atoms with van der Waals surface area (Å²) < 4.78 is 5.80. The third-order valence-corrected chi connectivity index (χ3v) is 5.29. The number of carbonyl (C=O) groups excluding carboxylic acids is 3. The van der Waals surface area contributed by atoms with Crippen molar-refractivity contribution in [3.63, 3.8) is 0 Å². The first-order valence-corrected chi connectivity index (χ1v) is 11.1. The van der Waals surface area contributed by atoms with Crippen LogP contribution < -0.4 is 20.7 Å². The van der Waals surface area contributed by atoms with Gasteiger partial charge in [0.25, 0.3) is 5.91 Å². The summed E-state index contributed by atoms with van der Waals surface area (Å²) in [4.78, 5) is 42.1. The van der Waals surface area contributed by atoms with Gasteiger partial charge in [-0.1, -0.05) is 17.7 Å². The van der Waals surface area contributed by atoms with E-state index in [2.05, 4.69) is 20.9 Å². The van der Waals surface area contributed by atoms with Gasteiger partial charge in [-0.15, -0.1) is 0 Å². The Hall–Kier alpha value is -3.13. The van der Waals surface area contributed by atoms with Gasteiger partial charge in [-0.2, -0.15) is 0 Å². The zero-order valence-corrected chi connectivity index (χ0v) is 18.5. The van der Waals surface area contributed by atoms with Gasteiger partial charge in [-0.05, 0) is 55.5 Å². The molecule has 1 aliphatic rings.